The van der Waals surface area contributed by atoms with Crippen LogP contribution in [0.15, 0.2) is 14.6 Å². The minimum absolute atomic E-state index is 0.0226. The summed E-state index contributed by atoms with van der Waals surface area (Å²) in [5.74, 6) is 0.495. The number of carbonyl (C=O) groups excluding carboxylic acids is 1. The minimum Gasteiger partial charge on any atom is -0.353 e. The summed E-state index contributed by atoms with van der Waals surface area (Å²) >= 11 is 1.24. The summed E-state index contributed by atoms with van der Waals surface area (Å²) in [7, 11) is 1.47. The van der Waals surface area contributed by atoms with Crippen molar-refractivity contribution in [1.29, 1.82) is 0 Å². The van der Waals surface area contributed by atoms with Crippen molar-refractivity contribution in [3.8, 4) is 0 Å². The largest absolute Gasteiger partial charge is 0.353 e. The topological polar surface area (TPSA) is 98.9 Å². The Morgan fingerprint density at radius 3 is 2.39 bits per heavy atom. The van der Waals surface area contributed by atoms with Gasteiger partial charge in [0.1, 0.15) is 16.2 Å². The van der Waals surface area contributed by atoms with Gasteiger partial charge in [0, 0.05) is 26.1 Å². The summed E-state index contributed by atoms with van der Waals surface area (Å²) < 4.78 is 2.65. The molecule has 0 aliphatic carbocycles. The predicted octanol–water partition coefficient (Wildman–Crippen LogP) is 3.03. The molecule has 0 spiro atoms. The monoisotopic (exact) mass is 449 g/mol. The molecule has 1 atom stereocenters. The molecule has 2 heterocycles. The van der Waals surface area contributed by atoms with Gasteiger partial charge in [-0.3, -0.25) is 18.7 Å². The molecular weight excluding hydrogens is 414 g/mol. The van der Waals surface area contributed by atoms with Crippen LogP contribution < -0.4 is 16.6 Å². The maximum atomic E-state index is 13.0. The van der Waals surface area contributed by atoms with E-state index in [1.807, 2.05) is 20.8 Å². The molecule has 1 N–H and O–H groups in total. The van der Waals surface area contributed by atoms with E-state index in [0.717, 1.165) is 36.7 Å². The molecule has 0 radical (unpaired) electrons. The lowest BCUT2D eigenvalue weighted by Crippen LogP contribution is -2.39. The number of aromatic nitrogens is 4. The Hall–Kier alpha value is -2.16. The quantitative estimate of drug-likeness (QED) is 0.322. The van der Waals surface area contributed by atoms with E-state index in [1.54, 1.807) is 11.5 Å². The van der Waals surface area contributed by atoms with Gasteiger partial charge in [-0.1, -0.05) is 44.9 Å². The van der Waals surface area contributed by atoms with Gasteiger partial charge in [-0.15, -0.1) is 0 Å². The summed E-state index contributed by atoms with van der Waals surface area (Å²) in [4.78, 5) is 47.6. The summed E-state index contributed by atoms with van der Waals surface area (Å²) in [6.45, 7) is 10.2. The number of fused-ring (bicyclic) bond motifs is 1. The molecule has 0 saturated heterocycles. The highest BCUT2D eigenvalue weighted by molar-refractivity contribution is 8.00. The minimum atomic E-state index is -0.440. The van der Waals surface area contributed by atoms with Crippen LogP contribution in [0.5, 0.6) is 0 Å². The highest BCUT2D eigenvalue weighted by atomic mass is 32.2. The fourth-order valence-corrected chi connectivity index (χ4v) is 4.30. The van der Waals surface area contributed by atoms with Crippen molar-refractivity contribution in [3.63, 3.8) is 0 Å². The summed E-state index contributed by atoms with van der Waals surface area (Å²) in [5, 5.41) is 3.23. The molecule has 31 heavy (non-hydrogen) atoms. The third kappa shape index (κ3) is 6.18. The van der Waals surface area contributed by atoms with E-state index in [2.05, 4.69) is 22.2 Å². The lowest BCUT2D eigenvalue weighted by Gasteiger charge is -2.17. The van der Waals surface area contributed by atoms with E-state index in [1.165, 1.54) is 18.8 Å². The van der Waals surface area contributed by atoms with Crippen LogP contribution in [-0.4, -0.2) is 36.3 Å². The maximum Gasteiger partial charge on any atom is 0.332 e. The summed E-state index contributed by atoms with van der Waals surface area (Å²) in [5.41, 5.74) is -0.435. The van der Waals surface area contributed by atoms with Crippen molar-refractivity contribution >= 4 is 28.7 Å². The Balaban J connectivity index is 2.61. The third-order valence-electron chi connectivity index (χ3n) is 4.98. The van der Waals surface area contributed by atoms with Crippen LogP contribution in [0, 0.1) is 0 Å². The second-order valence-electron chi connectivity index (χ2n) is 8.18. The lowest BCUT2D eigenvalue weighted by molar-refractivity contribution is -0.120. The lowest BCUT2D eigenvalue weighted by atomic mass is 10.1. The van der Waals surface area contributed by atoms with Gasteiger partial charge in [-0.05, 0) is 33.6 Å². The first-order chi connectivity index (χ1) is 14.7. The normalized spacial score (nSPS) is 12.5. The Morgan fingerprint density at radius 1 is 1.06 bits per heavy atom. The highest BCUT2D eigenvalue weighted by Crippen LogP contribution is 2.27. The first-order valence-electron chi connectivity index (χ1n) is 11.2. The standard InChI is InChI=1S/C22H35N5O3S/c1-7-9-10-11-12-16-24-18-17(21(29)26(6)22(30)27(18)13-8-2)20(25-16)31-15(5)19(28)23-14(3)4/h14-15H,7-13H2,1-6H3,(H,23,28). The fraction of sp³-hybridized carbons (Fsp3) is 0.682. The van der Waals surface area contributed by atoms with Crippen LogP contribution in [0.4, 0.5) is 0 Å². The van der Waals surface area contributed by atoms with Gasteiger partial charge in [0.15, 0.2) is 5.65 Å². The molecule has 0 saturated carbocycles. The van der Waals surface area contributed by atoms with Crippen molar-refractivity contribution in [3.05, 3.63) is 26.7 Å². The number of hydrogen-bond acceptors (Lipinski definition) is 6. The van der Waals surface area contributed by atoms with E-state index in [4.69, 9.17) is 0 Å². The van der Waals surface area contributed by atoms with Gasteiger partial charge < -0.3 is 5.32 Å². The van der Waals surface area contributed by atoms with Crippen molar-refractivity contribution in [1.82, 2.24) is 24.4 Å². The van der Waals surface area contributed by atoms with Crippen molar-refractivity contribution in [2.45, 2.75) is 96.0 Å². The number of carbonyl (C=O) groups is 1. The molecule has 1 amide bonds. The Labute approximate surface area is 187 Å². The molecule has 172 valence electrons. The molecule has 2 rings (SSSR count). The van der Waals surface area contributed by atoms with Gasteiger partial charge in [0.25, 0.3) is 5.56 Å². The number of nitrogens with one attached hydrogen (secondary N) is 1. The van der Waals surface area contributed by atoms with Crippen molar-refractivity contribution in [2.24, 2.45) is 7.05 Å². The van der Waals surface area contributed by atoms with Gasteiger partial charge in [-0.25, -0.2) is 14.8 Å². The van der Waals surface area contributed by atoms with Crippen molar-refractivity contribution in [2.75, 3.05) is 0 Å². The number of nitrogens with zero attached hydrogens (tertiary/aromatic N) is 4. The van der Waals surface area contributed by atoms with Crippen LogP contribution >= 0.6 is 11.8 Å². The van der Waals surface area contributed by atoms with E-state index in [0.29, 0.717) is 34.8 Å². The zero-order valence-electron chi connectivity index (χ0n) is 19.5. The molecule has 0 aliphatic rings. The predicted molar refractivity (Wildman–Crippen MR) is 126 cm³/mol. The third-order valence-corrected chi connectivity index (χ3v) is 6.07. The van der Waals surface area contributed by atoms with Crippen LogP contribution in [0.1, 0.15) is 72.5 Å². The number of rotatable bonds is 11. The van der Waals surface area contributed by atoms with Gasteiger partial charge in [0.05, 0.1) is 5.25 Å². The average Bonchev–Trinajstić information content (AvgIpc) is 2.72. The maximum absolute atomic E-state index is 13.0. The molecule has 0 aromatic carbocycles. The first-order valence-corrected chi connectivity index (χ1v) is 12.1. The number of aryl methyl sites for hydroxylation is 2. The SMILES string of the molecule is CCCCCCc1nc(SC(C)C(=O)NC(C)C)c2c(=O)n(C)c(=O)n(CCC)c2n1. The Bertz CT molecular complexity index is 1030. The zero-order valence-corrected chi connectivity index (χ0v) is 20.3. The molecular formula is C22H35N5O3S. The Morgan fingerprint density at radius 2 is 1.77 bits per heavy atom. The molecule has 0 aliphatic heterocycles. The van der Waals surface area contributed by atoms with Gasteiger partial charge in [-0.2, -0.15) is 0 Å². The molecule has 2 aromatic rings. The fourth-order valence-electron chi connectivity index (χ4n) is 3.34. The van der Waals surface area contributed by atoms with Crippen LogP contribution in [0.25, 0.3) is 11.0 Å². The van der Waals surface area contributed by atoms with Crippen LogP contribution in [-0.2, 0) is 24.8 Å². The average molecular weight is 450 g/mol. The number of thioether (sulfide) groups is 1. The van der Waals surface area contributed by atoms with E-state index < -0.39 is 10.8 Å². The number of hydrogen-bond donors (Lipinski definition) is 1. The van der Waals surface area contributed by atoms with Crippen LogP contribution in [0.3, 0.4) is 0 Å². The smallest absolute Gasteiger partial charge is 0.332 e. The molecule has 0 fully saturated rings. The van der Waals surface area contributed by atoms with Crippen LogP contribution in [0.2, 0.25) is 0 Å². The number of unbranched alkanes of at least 4 members (excludes halogenated alkanes) is 3. The zero-order chi connectivity index (χ0) is 23.1. The van der Waals surface area contributed by atoms with E-state index in [-0.39, 0.29) is 17.6 Å². The summed E-state index contributed by atoms with van der Waals surface area (Å²) in [6, 6.07) is 0.0226. The van der Waals surface area contributed by atoms with Gasteiger partial charge >= 0.3 is 5.69 Å². The van der Waals surface area contributed by atoms with E-state index >= 15 is 0 Å². The Kier molecular flexibility index (Phi) is 9.28. The molecule has 9 heteroatoms. The highest BCUT2D eigenvalue weighted by Gasteiger charge is 2.23. The molecule has 2 aromatic heterocycles. The second kappa shape index (κ2) is 11.5. The summed E-state index contributed by atoms with van der Waals surface area (Å²) in [6.07, 6.45) is 5.70. The van der Waals surface area contributed by atoms with Crippen molar-refractivity contribution < 1.29 is 4.79 Å². The number of amides is 1. The molecule has 8 nitrogen and oxygen atoms in total. The van der Waals surface area contributed by atoms with Gasteiger partial charge in [0.2, 0.25) is 5.91 Å². The molecule has 1 unspecified atom stereocenters. The van der Waals surface area contributed by atoms with E-state index in [9.17, 15) is 14.4 Å². The second-order valence-corrected chi connectivity index (χ2v) is 9.51. The molecule has 0 bridgehead atoms. The first kappa shape index (κ1) is 25.1.